The molecule has 5 heteroatoms. The molecule has 4 nitrogen and oxygen atoms in total. The summed E-state index contributed by atoms with van der Waals surface area (Å²) < 4.78 is 5.43. The number of hydrogen-bond donors (Lipinski definition) is 2. The fourth-order valence-electron chi connectivity index (χ4n) is 3.38. The molecule has 2 amide bonds. The molecular weight excluding hydrogens is 368 g/mol. The molecule has 2 N–H and O–H groups in total. The second-order valence-corrected chi connectivity index (χ2v) is 8.74. The largest absolute Gasteiger partial charge is 0.381 e. The number of benzene rings is 2. The average Bonchev–Trinajstić information content (AvgIpc) is 2.74. The van der Waals surface area contributed by atoms with Gasteiger partial charge in [-0.25, -0.2) is 4.79 Å². The Morgan fingerprint density at radius 3 is 2.61 bits per heavy atom. The minimum Gasteiger partial charge on any atom is -0.381 e. The molecular formula is C23H30N2O2S. The monoisotopic (exact) mass is 398 g/mol. The van der Waals surface area contributed by atoms with Gasteiger partial charge in [0.2, 0.25) is 0 Å². The van der Waals surface area contributed by atoms with Crippen LogP contribution in [0.5, 0.6) is 0 Å². The summed E-state index contributed by atoms with van der Waals surface area (Å²) in [5.41, 5.74) is 2.76. The van der Waals surface area contributed by atoms with Crippen LogP contribution < -0.4 is 10.6 Å². The summed E-state index contributed by atoms with van der Waals surface area (Å²) in [4.78, 5) is 12.6. The smallest absolute Gasteiger partial charge is 0.319 e. The Bertz CT molecular complexity index is 762. The van der Waals surface area contributed by atoms with Gasteiger partial charge in [0.25, 0.3) is 0 Å². The predicted molar refractivity (Wildman–Crippen MR) is 118 cm³/mol. The lowest BCUT2D eigenvalue weighted by atomic mass is 9.89. The van der Waals surface area contributed by atoms with Crippen LogP contribution in [0, 0.1) is 0 Å². The zero-order chi connectivity index (χ0) is 19.8. The van der Waals surface area contributed by atoms with E-state index in [2.05, 4.69) is 48.7 Å². The third-order valence-corrected chi connectivity index (χ3v) is 6.79. The highest BCUT2D eigenvalue weighted by molar-refractivity contribution is 7.99. The molecule has 0 spiro atoms. The van der Waals surface area contributed by atoms with Gasteiger partial charge < -0.3 is 15.4 Å². The van der Waals surface area contributed by atoms with Gasteiger partial charge in [0.05, 0.1) is 5.54 Å². The topological polar surface area (TPSA) is 50.4 Å². The Hall–Kier alpha value is -1.98. The van der Waals surface area contributed by atoms with Gasteiger partial charge in [-0.3, -0.25) is 0 Å². The second-order valence-electron chi connectivity index (χ2n) is 7.45. The normalized spacial score (nSPS) is 16.9. The molecule has 150 valence electrons. The third kappa shape index (κ3) is 5.76. The Morgan fingerprint density at radius 1 is 1.14 bits per heavy atom. The first-order chi connectivity index (χ1) is 13.6. The van der Waals surface area contributed by atoms with Crippen LogP contribution in [0.25, 0.3) is 0 Å². The number of nitrogens with one attached hydrogen (secondary N) is 2. The van der Waals surface area contributed by atoms with Crippen molar-refractivity contribution in [1.29, 1.82) is 0 Å². The van der Waals surface area contributed by atoms with E-state index in [1.807, 2.05) is 42.1 Å². The van der Waals surface area contributed by atoms with E-state index < -0.39 is 5.54 Å². The Kier molecular flexibility index (Phi) is 7.40. The standard InChI is InChI=1S/C23H30N2O2S/c1-3-23(2,19-9-5-4-6-10-19)25-22(26)24-20-11-7-8-18(16-20)17-28-21-12-14-27-15-13-21/h4-11,16,21H,3,12-15,17H2,1-2H3,(H2,24,25,26). The Morgan fingerprint density at radius 2 is 1.89 bits per heavy atom. The molecule has 1 aliphatic heterocycles. The molecule has 1 atom stereocenters. The average molecular weight is 399 g/mol. The Balaban J connectivity index is 1.57. The minimum absolute atomic E-state index is 0.178. The predicted octanol–water partition coefficient (Wildman–Crippen LogP) is 5.55. The molecule has 1 heterocycles. The molecule has 1 saturated heterocycles. The van der Waals surface area contributed by atoms with Crippen LogP contribution in [0.2, 0.25) is 0 Å². The van der Waals surface area contributed by atoms with Crippen LogP contribution in [0.1, 0.15) is 44.2 Å². The molecule has 1 aliphatic rings. The van der Waals surface area contributed by atoms with Crippen molar-refractivity contribution < 1.29 is 9.53 Å². The van der Waals surface area contributed by atoms with Gasteiger partial charge in [0.1, 0.15) is 0 Å². The maximum Gasteiger partial charge on any atom is 0.319 e. The van der Waals surface area contributed by atoms with Crippen LogP contribution in [0.15, 0.2) is 54.6 Å². The Labute approximate surface area is 172 Å². The number of carbonyl (C=O) groups excluding carboxylic acids is 1. The van der Waals surface area contributed by atoms with E-state index in [0.29, 0.717) is 5.25 Å². The van der Waals surface area contributed by atoms with Gasteiger partial charge in [-0.1, -0.05) is 49.4 Å². The first-order valence-electron chi connectivity index (χ1n) is 10.0. The summed E-state index contributed by atoms with van der Waals surface area (Å²) in [5, 5.41) is 6.81. The van der Waals surface area contributed by atoms with E-state index in [-0.39, 0.29) is 6.03 Å². The van der Waals surface area contributed by atoms with Crippen LogP contribution in [0.3, 0.4) is 0 Å². The minimum atomic E-state index is -0.401. The van der Waals surface area contributed by atoms with E-state index >= 15 is 0 Å². The summed E-state index contributed by atoms with van der Waals surface area (Å²) in [6, 6.07) is 18.1. The molecule has 2 aromatic carbocycles. The fourth-order valence-corrected chi connectivity index (χ4v) is 4.51. The zero-order valence-corrected chi connectivity index (χ0v) is 17.6. The summed E-state index contributed by atoms with van der Waals surface area (Å²) in [7, 11) is 0. The van der Waals surface area contributed by atoms with Crippen LogP contribution in [-0.4, -0.2) is 24.5 Å². The first kappa shape index (κ1) is 20.7. The summed E-state index contributed by atoms with van der Waals surface area (Å²) in [6.07, 6.45) is 3.06. The molecule has 1 fully saturated rings. The quantitative estimate of drug-likeness (QED) is 0.643. The van der Waals surface area contributed by atoms with E-state index in [1.165, 1.54) is 5.56 Å². The second kappa shape index (κ2) is 9.99. The highest BCUT2D eigenvalue weighted by atomic mass is 32.2. The number of ether oxygens (including phenoxy) is 1. The lowest BCUT2D eigenvalue weighted by molar-refractivity contribution is 0.1000. The number of carbonyl (C=O) groups is 1. The number of thioether (sulfide) groups is 1. The lowest BCUT2D eigenvalue weighted by Gasteiger charge is -2.30. The van der Waals surface area contributed by atoms with Crippen LogP contribution >= 0.6 is 11.8 Å². The van der Waals surface area contributed by atoms with Crippen molar-refractivity contribution in [2.24, 2.45) is 0 Å². The van der Waals surface area contributed by atoms with Crippen LogP contribution in [0.4, 0.5) is 10.5 Å². The molecule has 0 saturated carbocycles. The number of amides is 2. The molecule has 0 bridgehead atoms. The third-order valence-electron chi connectivity index (χ3n) is 5.35. The first-order valence-corrected chi connectivity index (χ1v) is 11.1. The van der Waals surface area contributed by atoms with Crippen molar-refractivity contribution in [3.8, 4) is 0 Å². The van der Waals surface area contributed by atoms with Crippen molar-refractivity contribution in [2.75, 3.05) is 18.5 Å². The van der Waals surface area contributed by atoms with Crippen molar-refractivity contribution in [3.63, 3.8) is 0 Å². The van der Waals surface area contributed by atoms with Crippen molar-refractivity contribution in [1.82, 2.24) is 5.32 Å². The van der Waals surface area contributed by atoms with E-state index in [9.17, 15) is 4.79 Å². The highest BCUT2D eigenvalue weighted by Crippen LogP contribution is 2.27. The van der Waals surface area contributed by atoms with Gasteiger partial charge in [0, 0.05) is 29.9 Å². The maximum absolute atomic E-state index is 12.6. The van der Waals surface area contributed by atoms with Gasteiger partial charge in [-0.2, -0.15) is 11.8 Å². The van der Waals surface area contributed by atoms with Crippen molar-refractivity contribution >= 4 is 23.5 Å². The van der Waals surface area contributed by atoms with E-state index in [0.717, 1.165) is 49.5 Å². The molecule has 2 aromatic rings. The van der Waals surface area contributed by atoms with Crippen molar-refractivity contribution in [2.45, 2.75) is 49.7 Å². The number of urea groups is 1. The highest BCUT2D eigenvalue weighted by Gasteiger charge is 2.26. The summed E-state index contributed by atoms with van der Waals surface area (Å²) in [5.74, 6) is 0.957. The van der Waals surface area contributed by atoms with Gasteiger partial charge in [-0.15, -0.1) is 0 Å². The number of anilines is 1. The maximum atomic E-state index is 12.6. The molecule has 0 aromatic heterocycles. The molecule has 28 heavy (non-hydrogen) atoms. The molecule has 3 rings (SSSR count). The molecule has 1 unspecified atom stereocenters. The van der Waals surface area contributed by atoms with Gasteiger partial charge >= 0.3 is 6.03 Å². The number of hydrogen-bond acceptors (Lipinski definition) is 3. The fraction of sp³-hybridized carbons (Fsp3) is 0.435. The SMILES string of the molecule is CCC(C)(NC(=O)Nc1cccc(CSC2CCOCC2)c1)c1ccccc1. The lowest BCUT2D eigenvalue weighted by Crippen LogP contribution is -2.45. The van der Waals surface area contributed by atoms with Gasteiger partial charge in [0.15, 0.2) is 0 Å². The summed E-state index contributed by atoms with van der Waals surface area (Å²) >= 11 is 1.98. The van der Waals surface area contributed by atoms with E-state index in [1.54, 1.807) is 0 Å². The molecule has 0 aliphatic carbocycles. The van der Waals surface area contributed by atoms with Gasteiger partial charge in [-0.05, 0) is 49.4 Å². The number of rotatable bonds is 7. The van der Waals surface area contributed by atoms with Crippen molar-refractivity contribution in [3.05, 3.63) is 65.7 Å². The van der Waals surface area contributed by atoms with Crippen LogP contribution in [-0.2, 0) is 16.0 Å². The summed E-state index contributed by atoms with van der Waals surface area (Å²) in [6.45, 7) is 5.89. The van der Waals surface area contributed by atoms with E-state index in [4.69, 9.17) is 4.74 Å². The zero-order valence-electron chi connectivity index (χ0n) is 16.7. The molecule has 0 radical (unpaired) electrons.